The molecule has 0 saturated heterocycles. The van der Waals surface area contributed by atoms with Crippen LogP contribution in [0.5, 0.6) is 0 Å². The number of pyridine rings is 1. The molecule has 2 aromatic heterocycles. The normalized spacial score (nSPS) is 12.0. The summed E-state index contributed by atoms with van der Waals surface area (Å²) in [6.45, 7) is 0.113. The van der Waals surface area contributed by atoms with Crippen LogP contribution < -0.4 is 5.32 Å². The van der Waals surface area contributed by atoms with E-state index in [2.05, 4.69) is 10.3 Å². The van der Waals surface area contributed by atoms with Gasteiger partial charge in [-0.2, -0.15) is 13.2 Å². The number of hydrogen-bond donors (Lipinski definition) is 1. The molecule has 0 bridgehead atoms. The van der Waals surface area contributed by atoms with Crippen LogP contribution in [-0.4, -0.2) is 15.3 Å². The van der Waals surface area contributed by atoms with E-state index in [4.69, 9.17) is 11.6 Å². The molecule has 0 aliphatic heterocycles. The fourth-order valence-electron chi connectivity index (χ4n) is 2.35. The number of amides is 1. The first-order valence-electron chi connectivity index (χ1n) is 7.59. The number of nitrogens with zero attached hydrogens (tertiary/aromatic N) is 2. The molecular weight excluding hydrogens is 367 g/mol. The van der Waals surface area contributed by atoms with Gasteiger partial charge in [0, 0.05) is 18.8 Å². The zero-order valence-corrected chi connectivity index (χ0v) is 14.1. The molecule has 1 aromatic carbocycles. The van der Waals surface area contributed by atoms with Gasteiger partial charge in [0.05, 0.1) is 11.3 Å². The van der Waals surface area contributed by atoms with E-state index in [1.165, 1.54) is 24.3 Å². The fourth-order valence-corrected chi connectivity index (χ4v) is 2.59. The average molecular weight is 380 g/mol. The molecule has 0 radical (unpaired) electrons. The van der Waals surface area contributed by atoms with Crippen LogP contribution in [0, 0.1) is 0 Å². The van der Waals surface area contributed by atoms with Gasteiger partial charge in [0.1, 0.15) is 5.65 Å². The van der Waals surface area contributed by atoms with Crippen LogP contribution in [0.25, 0.3) is 11.7 Å². The van der Waals surface area contributed by atoms with Gasteiger partial charge in [0.25, 0.3) is 0 Å². The summed E-state index contributed by atoms with van der Waals surface area (Å²) in [5.41, 5.74) is 1.05. The van der Waals surface area contributed by atoms with E-state index < -0.39 is 17.6 Å². The molecule has 0 aliphatic carbocycles. The van der Waals surface area contributed by atoms with Crippen molar-refractivity contribution in [2.45, 2.75) is 12.7 Å². The average Bonchev–Trinajstić information content (AvgIpc) is 2.93. The molecule has 1 amide bonds. The molecule has 26 heavy (non-hydrogen) atoms. The smallest absolute Gasteiger partial charge is 0.348 e. The van der Waals surface area contributed by atoms with Crippen LogP contribution >= 0.6 is 11.6 Å². The Labute approximate surface area is 151 Å². The van der Waals surface area contributed by atoms with Gasteiger partial charge < -0.3 is 5.32 Å². The van der Waals surface area contributed by atoms with E-state index in [-0.39, 0.29) is 11.7 Å². The van der Waals surface area contributed by atoms with Crippen molar-refractivity contribution in [3.63, 3.8) is 0 Å². The van der Waals surface area contributed by atoms with E-state index in [1.807, 2.05) is 12.1 Å². The molecule has 0 atom stereocenters. The van der Waals surface area contributed by atoms with Crippen LogP contribution in [0.3, 0.4) is 0 Å². The number of carbonyl (C=O) groups excluding carboxylic acids is 1. The summed E-state index contributed by atoms with van der Waals surface area (Å²) < 4.78 is 39.3. The molecular formula is C18H13ClF3N3O. The van der Waals surface area contributed by atoms with Crippen molar-refractivity contribution in [2.24, 2.45) is 0 Å². The Balaban J connectivity index is 1.63. The molecule has 8 heteroatoms. The van der Waals surface area contributed by atoms with Gasteiger partial charge in [-0.15, -0.1) is 0 Å². The first-order valence-corrected chi connectivity index (χ1v) is 7.97. The first-order chi connectivity index (χ1) is 12.3. The summed E-state index contributed by atoms with van der Waals surface area (Å²) >= 11 is 6.07. The van der Waals surface area contributed by atoms with Crippen LogP contribution in [0.2, 0.25) is 5.15 Å². The summed E-state index contributed by atoms with van der Waals surface area (Å²) in [7, 11) is 0. The molecule has 0 saturated carbocycles. The van der Waals surface area contributed by atoms with Gasteiger partial charge in [-0.1, -0.05) is 29.8 Å². The second-order valence-corrected chi connectivity index (χ2v) is 5.82. The Bertz CT molecular complexity index is 962. The number of aromatic nitrogens is 2. The number of carbonyl (C=O) groups is 1. The monoisotopic (exact) mass is 379 g/mol. The highest BCUT2D eigenvalue weighted by Gasteiger charge is 2.29. The van der Waals surface area contributed by atoms with Crippen molar-refractivity contribution < 1.29 is 18.0 Å². The second kappa shape index (κ2) is 7.21. The number of benzene rings is 1. The van der Waals surface area contributed by atoms with Crippen LogP contribution in [-0.2, 0) is 17.5 Å². The maximum Gasteiger partial charge on any atom is 0.416 e. The van der Waals surface area contributed by atoms with Crippen molar-refractivity contribution in [3.05, 3.63) is 76.7 Å². The predicted octanol–water partition coefficient (Wildman–Crippen LogP) is 4.34. The largest absolute Gasteiger partial charge is 0.416 e. The number of halogens is 4. The molecule has 0 fully saturated rings. The van der Waals surface area contributed by atoms with Crippen molar-refractivity contribution in [1.29, 1.82) is 0 Å². The topological polar surface area (TPSA) is 46.4 Å². The van der Waals surface area contributed by atoms with Gasteiger partial charge in [0.15, 0.2) is 5.15 Å². The van der Waals surface area contributed by atoms with Crippen molar-refractivity contribution in [1.82, 2.24) is 14.7 Å². The van der Waals surface area contributed by atoms with E-state index >= 15 is 0 Å². The van der Waals surface area contributed by atoms with Crippen LogP contribution in [0.15, 0.2) is 54.7 Å². The second-order valence-electron chi connectivity index (χ2n) is 5.46. The molecule has 0 spiro atoms. The summed E-state index contributed by atoms with van der Waals surface area (Å²) in [6.07, 6.45) is 0.225. The lowest BCUT2D eigenvalue weighted by Gasteiger charge is -2.07. The number of fused-ring (bicyclic) bond motifs is 1. The molecule has 2 heterocycles. The minimum Gasteiger partial charge on any atom is -0.348 e. The Kier molecular flexibility index (Phi) is 4.99. The Morgan fingerprint density at radius 3 is 2.62 bits per heavy atom. The minimum atomic E-state index is -4.38. The molecule has 4 nitrogen and oxygen atoms in total. The predicted molar refractivity (Wildman–Crippen MR) is 92.5 cm³/mol. The third-order valence-corrected chi connectivity index (χ3v) is 3.94. The lowest BCUT2D eigenvalue weighted by atomic mass is 10.1. The maximum absolute atomic E-state index is 12.5. The zero-order valence-electron chi connectivity index (χ0n) is 13.3. The summed E-state index contributed by atoms with van der Waals surface area (Å²) in [5.74, 6) is -0.396. The van der Waals surface area contributed by atoms with Gasteiger partial charge in [-0.3, -0.25) is 9.20 Å². The number of alkyl halides is 3. The van der Waals surface area contributed by atoms with Gasteiger partial charge in [0.2, 0.25) is 5.91 Å². The zero-order chi connectivity index (χ0) is 18.7. The van der Waals surface area contributed by atoms with Crippen molar-refractivity contribution in [3.8, 4) is 0 Å². The van der Waals surface area contributed by atoms with Crippen LogP contribution in [0.4, 0.5) is 13.2 Å². The van der Waals surface area contributed by atoms with E-state index in [9.17, 15) is 18.0 Å². The quantitative estimate of drug-likeness (QED) is 0.686. The van der Waals surface area contributed by atoms with Crippen molar-refractivity contribution >= 4 is 29.2 Å². The number of imidazole rings is 1. The summed E-state index contributed by atoms with van der Waals surface area (Å²) in [5, 5.41) is 2.87. The van der Waals surface area contributed by atoms with Gasteiger partial charge >= 0.3 is 6.18 Å². The van der Waals surface area contributed by atoms with E-state index in [1.54, 1.807) is 16.7 Å². The van der Waals surface area contributed by atoms with Crippen LogP contribution in [0.1, 0.15) is 16.8 Å². The fraction of sp³-hybridized carbons (Fsp3) is 0.111. The molecule has 3 aromatic rings. The number of nitrogens with one attached hydrogen (secondary N) is 1. The summed E-state index contributed by atoms with van der Waals surface area (Å²) in [4.78, 5) is 16.1. The number of rotatable bonds is 4. The lowest BCUT2D eigenvalue weighted by Crippen LogP contribution is -2.20. The number of hydrogen-bond acceptors (Lipinski definition) is 2. The lowest BCUT2D eigenvalue weighted by molar-refractivity contribution is -0.137. The molecule has 1 N–H and O–H groups in total. The third kappa shape index (κ3) is 4.05. The highest BCUT2D eigenvalue weighted by Crippen LogP contribution is 2.29. The maximum atomic E-state index is 12.5. The first kappa shape index (κ1) is 18.0. The highest BCUT2D eigenvalue weighted by atomic mass is 35.5. The van der Waals surface area contributed by atoms with Crippen molar-refractivity contribution in [2.75, 3.05) is 0 Å². The SMILES string of the molecule is O=C(/C=C/c1c(Cl)nc2ccccn12)NCc1ccc(C(F)(F)F)cc1. The third-order valence-electron chi connectivity index (χ3n) is 3.66. The molecule has 3 rings (SSSR count). The molecule has 0 unspecified atom stereocenters. The van der Waals surface area contributed by atoms with E-state index in [0.717, 1.165) is 12.1 Å². The van der Waals surface area contributed by atoms with Gasteiger partial charge in [-0.25, -0.2) is 4.98 Å². The Hall–Kier alpha value is -2.80. The Morgan fingerprint density at radius 1 is 1.19 bits per heavy atom. The van der Waals surface area contributed by atoms with E-state index in [0.29, 0.717) is 16.9 Å². The Morgan fingerprint density at radius 2 is 1.92 bits per heavy atom. The molecule has 134 valence electrons. The minimum absolute atomic E-state index is 0.113. The summed E-state index contributed by atoms with van der Waals surface area (Å²) in [6, 6.07) is 10.0. The highest BCUT2D eigenvalue weighted by molar-refractivity contribution is 6.31. The molecule has 0 aliphatic rings. The standard InChI is InChI=1S/C18H13ClF3N3O/c19-17-14(25-10-2-1-3-15(25)24-17)8-9-16(26)23-11-12-4-6-13(7-5-12)18(20,21)22/h1-10H,11H2,(H,23,26)/b9-8+. The van der Waals surface area contributed by atoms with Gasteiger partial charge in [-0.05, 0) is 35.9 Å².